The van der Waals surface area contributed by atoms with Crippen LogP contribution in [0.5, 0.6) is 0 Å². The van der Waals surface area contributed by atoms with Gasteiger partial charge >= 0.3 is 5.97 Å². The molecule has 7 heteroatoms. The molecule has 0 aliphatic heterocycles. The van der Waals surface area contributed by atoms with Crippen LogP contribution < -0.4 is 5.73 Å². The van der Waals surface area contributed by atoms with E-state index in [4.69, 9.17) is 16.0 Å². The van der Waals surface area contributed by atoms with Crippen molar-refractivity contribution in [2.24, 2.45) is 16.3 Å². The highest BCUT2D eigenvalue weighted by atomic mass is 16.4. The zero-order valence-electron chi connectivity index (χ0n) is 11.9. The molecule has 0 spiro atoms. The molecule has 2 aromatic rings. The van der Waals surface area contributed by atoms with Gasteiger partial charge in [-0.05, 0) is 26.3 Å². The summed E-state index contributed by atoms with van der Waals surface area (Å²) in [5.74, 6) is -0.817. The smallest absolute Gasteiger partial charge is 0.309 e. The Balaban J connectivity index is 2.33. The third-order valence-electron chi connectivity index (χ3n) is 3.60. The fourth-order valence-corrected chi connectivity index (χ4v) is 2.05. The van der Waals surface area contributed by atoms with Gasteiger partial charge in [-0.1, -0.05) is 17.3 Å². The zero-order chi connectivity index (χ0) is 15.6. The highest BCUT2D eigenvalue weighted by molar-refractivity contribution is 6.07. The molecule has 0 bridgehead atoms. The van der Waals surface area contributed by atoms with Gasteiger partial charge < -0.3 is 16.0 Å². The lowest BCUT2D eigenvalue weighted by molar-refractivity contribution is -0.147. The maximum absolute atomic E-state index is 11.1. The fourth-order valence-electron chi connectivity index (χ4n) is 2.05. The second-order valence-electron chi connectivity index (χ2n) is 5.53. The minimum atomic E-state index is -0.837. The molecular formula is C14H18N4O3. The number of aryl methyl sites for hydroxylation is 1. The van der Waals surface area contributed by atoms with Crippen LogP contribution in [0, 0.1) is 5.41 Å². The molecule has 1 aromatic heterocycles. The number of nitrogens with two attached hydrogens (primary N) is 1. The lowest BCUT2D eigenvalue weighted by Crippen LogP contribution is -2.25. The van der Waals surface area contributed by atoms with E-state index in [9.17, 15) is 4.79 Å². The van der Waals surface area contributed by atoms with Gasteiger partial charge in [0.05, 0.1) is 17.1 Å². The molecule has 0 aliphatic carbocycles. The van der Waals surface area contributed by atoms with E-state index in [2.05, 4.69) is 10.3 Å². The Kier molecular flexibility index (Phi) is 3.84. The number of aliphatic carboxylic acids is 1. The number of amidine groups is 1. The monoisotopic (exact) mass is 290 g/mol. The van der Waals surface area contributed by atoms with Gasteiger partial charge in [-0.25, -0.2) is 0 Å². The van der Waals surface area contributed by atoms with Crippen molar-refractivity contribution < 1.29 is 15.1 Å². The molecular weight excluding hydrogens is 272 g/mol. The van der Waals surface area contributed by atoms with E-state index in [-0.39, 0.29) is 5.84 Å². The first-order valence-electron chi connectivity index (χ1n) is 6.52. The van der Waals surface area contributed by atoms with Gasteiger partial charge in [0.15, 0.2) is 5.84 Å². The number of fused-ring (bicyclic) bond motifs is 1. The van der Waals surface area contributed by atoms with Crippen LogP contribution in [0.15, 0.2) is 29.6 Å². The van der Waals surface area contributed by atoms with Crippen LogP contribution in [0.25, 0.3) is 10.9 Å². The molecule has 0 fully saturated rings. The lowest BCUT2D eigenvalue weighted by Gasteiger charge is -2.18. The van der Waals surface area contributed by atoms with E-state index in [1.165, 1.54) is 0 Å². The molecule has 7 nitrogen and oxygen atoms in total. The molecule has 0 unspecified atom stereocenters. The average molecular weight is 290 g/mol. The zero-order valence-corrected chi connectivity index (χ0v) is 11.9. The minimum Gasteiger partial charge on any atom is -0.481 e. The number of aromatic nitrogens is 2. The number of rotatable bonds is 5. The van der Waals surface area contributed by atoms with Crippen LogP contribution in [-0.2, 0) is 11.3 Å². The number of oxime groups is 1. The third-order valence-corrected chi connectivity index (χ3v) is 3.60. The second kappa shape index (κ2) is 5.43. The molecule has 112 valence electrons. The van der Waals surface area contributed by atoms with E-state index in [1.807, 2.05) is 6.07 Å². The summed E-state index contributed by atoms with van der Waals surface area (Å²) < 4.78 is 1.73. The van der Waals surface area contributed by atoms with Crippen LogP contribution in [-0.4, -0.2) is 31.9 Å². The molecule has 4 N–H and O–H groups in total. The Morgan fingerprint density at radius 2 is 2.19 bits per heavy atom. The van der Waals surface area contributed by atoms with Gasteiger partial charge in [-0.15, -0.1) is 0 Å². The maximum atomic E-state index is 11.1. The molecule has 0 aliphatic rings. The first-order chi connectivity index (χ1) is 9.86. The topological polar surface area (TPSA) is 114 Å². The van der Waals surface area contributed by atoms with Crippen LogP contribution in [0.4, 0.5) is 0 Å². The van der Waals surface area contributed by atoms with Crippen molar-refractivity contribution in [3.63, 3.8) is 0 Å². The minimum absolute atomic E-state index is 0.0195. The highest BCUT2D eigenvalue weighted by Gasteiger charge is 2.27. The summed E-state index contributed by atoms with van der Waals surface area (Å²) >= 11 is 0. The number of carbonyl (C=O) groups is 1. The first kappa shape index (κ1) is 14.8. The Hall–Kier alpha value is -2.57. The predicted molar refractivity (Wildman–Crippen MR) is 78.3 cm³/mol. The van der Waals surface area contributed by atoms with Crippen molar-refractivity contribution >= 4 is 22.7 Å². The normalized spacial score (nSPS) is 12.8. The summed E-state index contributed by atoms with van der Waals surface area (Å²) in [7, 11) is 0. The van der Waals surface area contributed by atoms with Crippen molar-refractivity contribution in [3.05, 3.63) is 30.0 Å². The summed E-state index contributed by atoms with van der Waals surface area (Å²) in [5.41, 5.74) is 6.24. The summed E-state index contributed by atoms with van der Waals surface area (Å²) in [6.45, 7) is 3.84. The number of carboxylic acid groups (broad SMARTS) is 1. The van der Waals surface area contributed by atoms with Crippen LogP contribution in [0.1, 0.15) is 25.8 Å². The van der Waals surface area contributed by atoms with Crippen molar-refractivity contribution in [1.29, 1.82) is 0 Å². The highest BCUT2D eigenvalue weighted by Crippen LogP contribution is 2.24. The van der Waals surface area contributed by atoms with Gasteiger partial charge in [0.25, 0.3) is 0 Å². The van der Waals surface area contributed by atoms with Crippen LogP contribution in [0.3, 0.4) is 0 Å². The summed E-state index contributed by atoms with van der Waals surface area (Å²) in [6, 6.07) is 5.39. The molecule has 1 heterocycles. The van der Waals surface area contributed by atoms with Crippen molar-refractivity contribution in [2.75, 3.05) is 0 Å². The quantitative estimate of drug-likeness (QED) is 0.335. The van der Waals surface area contributed by atoms with Crippen molar-refractivity contribution in [2.45, 2.75) is 26.8 Å². The largest absolute Gasteiger partial charge is 0.481 e. The number of carboxylic acids is 1. The van der Waals surface area contributed by atoms with E-state index >= 15 is 0 Å². The van der Waals surface area contributed by atoms with E-state index in [0.717, 1.165) is 10.9 Å². The van der Waals surface area contributed by atoms with Gasteiger partial charge in [0.1, 0.15) is 0 Å². The van der Waals surface area contributed by atoms with Crippen LogP contribution in [0.2, 0.25) is 0 Å². The van der Waals surface area contributed by atoms with Gasteiger partial charge in [-0.2, -0.15) is 5.10 Å². The summed E-state index contributed by atoms with van der Waals surface area (Å²) in [5, 5.41) is 26.0. The number of benzene rings is 1. The molecule has 0 saturated heterocycles. The number of nitrogens with zero attached hydrogens (tertiary/aromatic N) is 3. The lowest BCUT2D eigenvalue weighted by atomic mass is 9.90. The standard InChI is InChI=1S/C14H18N4O3/c1-14(2,13(19)20)6-7-18-11-5-3-4-9(12(15)17-21)10(11)8-16-18/h3-5,8,21H,6-7H2,1-2H3,(H2,15,17)(H,19,20). The predicted octanol–water partition coefficient (Wildman–Crippen LogP) is 1.63. The van der Waals surface area contributed by atoms with Gasteiger partial charge in [0, 0.05) is 17.5 Å². The molecule has 2 rings (SSSR count). The second-order valence-corrected chi connectivity index (χ2v) is 5.53. The average Bonchev–Trinajstić information content (AvgIpc) is 2.87. The summed E-state index contributed by atoms with van der Waals surface area (Å²) in [4.78, 5) is 11.1. The Morgan fingerprint density at radius 1 is 1.48 bits per heavy atom. The van der Waals surface area contributed by atoms with Crippen molar-refractivity contribution in [1.82, 2.24) is 9.78 Å². The molecule has 0 radical (unpaired) electrons. The molecule has 21 heavy (non-hydrogen) atoms. The van der Waals surface area contributed by atoms with E-state index < -0.39 is 11.4 Å². The Bertz CT molecular complexity index is 703. The Morgan fingerprint density at radius 3 is 2.81 bits per heavy atom. The molecule has 1 aromatic carbocycles. The maximum Gasteiger partial charge on any atom is 0.309 e. The Labute approximate surface area is 121 Å². The molecule has 0 saturated carbocycles. The molecule has 0 atom stereocenters. The van der Waals surface area contributed by atoms with E-state index in [0.29, 0.717) is 18.5 Å². The first-order valence-corrected chi connectivity index (χ1v) is 6.52. The summed E-state index contributed by atoms with van der Waals surface area (Å²) in [6.07, 6.45) is 2.09. The SMILES string of the molecule is CC(C)(CCn1ncc2c(C(N)=NO)cccc21)C(=O)O. The third kappa shape index (κ3) is 2.81. The number of hydrogen-bond donors (Lipinski definition) is 3. The van der Waals surface area contributed by atoms with E-state index in [1.54, 1.807) is 36.9 Å². The van der Waals surface area contributed by atoms with Crippen LogP contribution >= 0.6 is 0 Å². The van der Waals surface area contributed by atoms with Gasteiger partial charge in [-0.3, -0.25) is 9.48 Å². The van der Waals surface area contributed by atoms with Gasteiger partial charge in [0.2, 0.25) is 0 Å². The van der Waals surface area contributed by atoms with Crippen molar-refractivity contribution in [3.8, 4) is 0 Å². The number of hydrogen-bond acceptors (Lipinski definition) is 4. The fraction of sp³-hybridized carbons (Fsp3) is 0.357. The molecule has 0 amide bonds.